The molecule has 0 saturated heterocycles. The molecule has 2 amide bonds. The lowest BCUT2D eigenvalue weighted by atomic mass is 10.1. The third-order valence-electron chi connectivity index (χ3n) is 4.19. The second-order valence-electron chi connectivity index (χ2n) is 6.46. The molecule has 0 radical (unpaired) electrons. The molecular formula is C21H13F6N3O2. The van der Waals surface area contributed by atoms with Crippen LogP contribution in [0.1, 0.15) is 31.8 Å². The van der Waals surface area contributed by atoms with Crippen molar-refractivity contribution in [3.05, 3.63) is 89.1 Å². The minimum absolute atomic E-state index is 0.00592. The number of pyridine rings is 1. The normalized spacial score (nSPS) is 11.7. The number of aromatic nitrogens is 1. The fourth-order valence-corrected chi connectivity index (χ4v) is 2.69. The second kappa shape index (κ2) is 8.69. The smallest absolute Gasteiger partial charge is 0.322 e. The van der Waals surface area contributed by atoms with E-state index in [4.69, 9.17) is 0 Å². The maximum atomic E-state index is 13.1. The zero-order chi connectivity index (χ0) is 23.5. The van der Waals surface area contributed by atoms with Crippen molar-refractivity contribution in [3.8, 4) is 0 Å². The van der Waals surface area contributed by atoms with E-state index in [0.717, 1.165) is 30.3 Å². The van der Waals surface area contributed by atoms with Crippen molar-refractivity contribution in [3.63, 3.8) is 0 Å². The molecule has 2 N–H and O–H groups in total. The van der Waals surface area contributed by atoms with E-state index in [0.29, 0.717) is 6.20 Å². The van der Waals surface area contributed by atoms with Gasteiger partial charge in [0, 0.05) is 17.4 Å². The average Bonchev–Trinajstić information content (AvgIpc) is 2.73. The number of benzene rings is 2. The molecule has 32 heavy (non-hydrogen) atoms. The fraction of sp³-hybridized carbons (Fsp3) is 0.0952. The molecule has 0 unspecified atom stereocenters. The zero-order valence-corrected chi connectivity index (χ0v) is 15.9. The first-order valence-corrected chi connectivity index (χ1v) is 8.87. The number of hydrogen-bond donors (Lipinski definition) is 2. The van der Waals surface area contributed by atoms with Crippen molar-refractivity contribution < 1.29 is 35.9 Å². The number of carbonyl (C=O) groups is 2. The van der Waals surface area contributed by atoms with Gasteiger partial charge >= 0.3 is 12.4 Å². The van der Waals surface area contributed by atoms with Gasteiger partial charge in [-0.05, 0) is 42.5 Å². The van der Waals surface area contributed by atoms with Crippen LogP contribution in [-0.2, 0) is 12.4 Å². The maximum absolute atomic E-state index is 13.1. The summed E-state index contributed by atoms with van der Waals surface area (Å²) in [5.74, 6) is -1.92. The van der Waals surface area contributed by atoms with Gasteiger partial charge in [-0.3, -0.25) is 9.59 Å². The van der Waals surface area contributed by atoms with Crippen LogP contribution in [0.15, 0.2) is 66.9 Å². The van der Waals surface area contributed by atoms with E-state index in [1.807, 2.05) is 0 Å². The Morgan fingerprint density at radius 2 is 1.47 bits per heavy atom. The number of rotatable bonds is 4. The Labute approximate surface area is 177 Å². The summed E-state index contributed by atoms with van der Waals surface area (Å²) in [4.78, 5) is 28.2. The molecule has 0 fully saturated rings. The number of carbonyl (C=O) groups excluding carboxylic acids is 2. The minimum Gasteiger partial charge on any atom is -0.322 e. The molecular weight excluding hydrogens is 440 g/mol. The molecule has 1 heterocycles. The molecule has 1 aromatic heterocycles. The summed E-state index contributed by atoms with van der Waals surface area (Å²) in [5, 5.41) is 4.59. The van der Waals surface area contributed by atoms with E-state index in [9.17, 15) is 35.9 Å². The summed E-state index contributed by atoms with van der Waals surface area (Å²) in [6, 6.07) is 11.2. The molecule has 0 saturated carbocycles. The second-order valence-corrected chi connectivity index (χ2v) is 6.46. The Bertz CT molecular complexity index is 1140. The van der Waals surface area contributed by atoms with Gasteiger partial charge in [-0.15, -0.1) is 0 Å². The number of nitrogens with one attached hydrogen (secondary N) is 2. The highest BCUT2D eigenvalue weighted by atomic mass is 19.4. The quantitative estimate of drug-likeness (QED) is 0.504. The Morgan fingerprint density at radius 3 is 2.09 bits per heavy atom. The lowest BCUT2D eigenvalue weighted by Gasteiger charge is -2.13. The number of anilines is 2. The van der Waals surface area contributed by atoms with Crippen molar-refractivity contribution in [2.45, 2.75) is 12.4 Å². The van der Waals surface area contributed by atoms with Crippen molar-refractivity contribution in [1.29, 1.82) is 0 Å². The highest BCUT2D eigenvalue weighted by Gasteiger charge is 2.35. The molecule has 0 aliphatic rings. The Balaban J connectivity index is 1.74. The molecule has 0 bridgehead atoms. The number of alkyl halides is 6. The van der Waals surface area contributed by atoms with E-state index in [1.54, 1.807) is 0 Å². The summed E-state index contributed by atoms with van der Waals surface area (Å²) < 4.78 is 77.1. The molecule has 0 atom stereocenters. The van der Waals surface area contributed by atoms with Crippen molar-refractivity contribution in [2.24, 2.45) is 0 Å². The fourth-order valence-electron chi connectivity index (χ4n) is 2.69. The standard InChI is InChI=1S/C21H13F6N3O2/c22-20(23,24)13-8-9-17(28-11-13)30-18(31)12-4-3-5-14(10-12)29-19(32)15-6-1-2-7-16(15)21(25,26)27/h1-11H,(H,29,32)(H,28,30,31). The van der Waals surface area contributed by atoms with Crippen LogP contribution in [0.4, 0.5) is 37.8 Å². The Hall–Kier alpha value is -3.89. The highest BCUT2D eigenvalue weighted by molar-refractivity contribution is 6.07. The van der Waals surface area contributed by atoms with E-state index < -0.39 is 40.9 Å². The van der Waals surface area contributed by atoms with E-state index in [-0.39, 0.29) is 17.1 Å². The first-order chi connectivity index (χ1) is 14.9. The number of nitrogens with zero attached hydrogens (tertiary/aromatic N) is 1. The largest absolute Gasteiger partial charge is 0.417 e. The molecule has 2 aromatic carbocycles. The predicted octanol–water partition coefficient (Wildman–Crippen LogP) is 5.62. The van der Waals surface area contributed by atoms with Gasteiger partial charge in [0.05, 0.1) is 16.7 Å². The molecule has 3 rings (SSSR count). The van der Waals surface area contributed by atoms with Crippen LogP contribution in [0.2, 0.25) is 0 Å². The lowest BCUT2D eigenvalue weighted by molar-refractivity contribution is -0.138. The van der Waals surface area contributed by atoms with Crippen LogP contribution < -0.4 is 10.6 Å². The van der Waals surface area contributed by atoms with E-state index >= 15 is 0 Å². The van der Waals surface area contributed by atoms with Crippen LogP contribution >= 0.6 is 0 Å². The molecule has 5 nitrogen and oxygen atoms in total. The number of hydrogen-bond acceptors (Lipinski definition) is 3. The SMILES string of the molecule is O=C(Nc1ccc(C(F)(F)F)cn1)c1cccc(NC(=O)c2ccccc2C(F)(F)F)c1. The van der Waals surface area contributed by atoms with Gasteiger partial charge in [-0.2, -0.15) is 26.3 Å². The van der Waals surface area contributed by atoms with Crippen LogP contribution in [0.5, 0.6) is 0 Å². The zero-order valence-electron chi connectivity index (χ0n) is 15.9. The third kappa shape index (κ3) is 5.42. The van der Waals surface area contributed by atoms with E-state index in [2.05, 4.69) is 15.6 Å². The topological polar surface area (TPSA) is 71.1 Å². The molecule has 3 aromatic rings. The summed E-state index contributed by atoms with van der Waals surface area (Å²) >= 11 is 0. The van der Waals surface area contributed by atoms with Gasteiger partial charge in [0.15, 0.2) is 0 Å². The summed E-state index contributed by atoms with van der Waals surface area (Å²) in [5.41, 5.74) is -2.66. The monoisotopic (exact) mass is 453 g/mol. The van der Waals surface area contributed by atoms with Crippen molar-refractivity contribution in [2.75, 3.05) is 10.6 Å². The molecule has 0 aliphatic carbocycles. The Kier molecular flexibility index (Phi) is 6.19. The van der Waals surface area contributed by atoms with Crippen LogP contribution in [-0.4, -0.2) is 16.8 Å². The summed E-state index contributed by atoms with van der Waals surface area (Å²) in [6.45, 7) is 0. The van der Waals surface area contributed by atoms with Gasteiger partial charge in [0.2, 0.25) is 0 Å². The lowest BCUT2D eigenvalue weighted by Crippen LogP contribution is -2.19. The van der Waals surface area contributed by atoms with Crippen LogP contribution in [0.3, 0.4) is 0 Å². The average molecular weight is 453 g/mol. The molecule has 0 spiro atoms. The van der Waals surface area contributed by atoms with Crippen molar-refractivity contribution >= 4 is 23.3 Å². The minimum atomic E-state index is -4.73. The number of halogens is 6. The van der Waals surface area contributed by atoms with Crippen LogP contribution in [0.25, 0.3) is 0 Å². The Morgan fingerprint density at radius 1 is 0.750 bits per heavy atom. The van der Waals surface area contributed by atoms with Gasteiger partial charge in [-0.25, -0.2) is 4.98 Å². The highest BCUT2D eigenvalue weighted by Crippen LogP contribution is 2.32. The molecule has 166 valence electrons. The van der Waals surface area contributed by atoms with E-state index in [1.165, 1.54) is 30.3 Å². The van der Waals surface area contributed by atoms with Crippen LogP contribution in [0, 0.1) is 0 Å². The predicted molar refractivity (Wildman–Crippen MR) is 103 cm³/mol. The number of amides is 2. The first-order valence-electron chi connectivity index (χ1n) is 8.87. The summed E-state index contributed by atoms with van der Waals surface area (Å²) in [7, 11) is 0. The third-order valence-corrected chi connectivity index (χ3v) is 4.19. The van der Waals surface area contributed by atoms with Crippen molar-refractivity contribution in [1.82, 2.24) is 4.98 Å². The van der Waals surface area contributed by atoms with Gasteiger partial charge in [0.25, 0.3) is 11.8 Å². The maximum Gasteiger partial charge on any atom is 0.417 e. The first kappa shape index (κ1) is 22.8. The van der Waals surface area contributed by atoms with Gasteiger partial charge < -0.3 is 10.6 Å². The molecule has 0 aliphatic heterocycles. The molecule has 11 heteroatoms. The summed E-state index contributed by atoms with van der Waals surface area (Å²) in [6.07, 6.45) is -8.75. The van der Waals surface area contributed by atoms with Gasteiger partial charge in [-0.1, -0.05) is 18.2 Å². The van der Waals surface area contributed by atoms with Gasteiger partial charge in [0.1, 0.15) is 5.82 Å².